The van der Waals surface area contributed by atoms with Gasteiger partial charge in [0.25, 0.3) is 0 Å². The molecule has 0 bridgehead atoms. The summed E-state index contributed by atoms with van der Waals surface area (Å²) in [5.74, 6) is -0.230. The van der Waals surface area contributed by atoms with E-state index in [0.29, 0.717) is 38.0 Å². The molecule has 0 spiro atoms. The number of piperidine rings is 1. The molecule has 2 rings (SSSR count). The molecule has 0 saturated carbocycles. The first-order chi connectivity index (χ1) is 12.3. The van der Waals surface area contributed by atoms with E-state index in [1.54, 1.807) is 25.1 Å². The summed E-state index contributed by atoms with van der Waals surface area (Å²) in [6.45, 7) is 3.47. The van der Waals surface area contributed by atoms with Gasteiger partial charge in [-0.05, 0) is 25.8 Å². The van der Waals surface area contributed by atoms with Crippen LogP contribution in [0.3, 0.4) is 0 Å². The number of hydrogen-bond donors (Lipinski definition) is 1. The molecule has 0 aliphatic carbocycles. The van der Waals surface area contributed by atoms with E-state index in [4.69, 9.17) is 0 Å². The number of nitrogens with one attached hydrogen (secondary N) is 1. The molecule has 1 saturated heterocycles. The SMILES string of the molecule is CCN(CCC(F)(F)F)C(=O)NC1CCN(Cc2ccccc2F)CC1. The molecule has 0 atom stereocenters. The molecule has 8 heteroatoms. The van der Waals surface area contributed by atoms with Crippen molar-refractivity contribution in [2.75, 3.05) is 26.2 Å². The Morgan fingerprint density at radius 3 is 2.50 bits per heavy atom. The zero-order valence-electron chi connectivity index (χ0n) is 14.9. The van der Waals surface area contributed by atoms with Crippen molar-refractivity contribution in [3.05, 3.63) is 35.6 Å². The molecule has 26 heavy (non-hydrogen) atoms. The highest BCUT2D eigenvalue weighted by molar-refractivity contribution is 5.74. The maximum Gasteiger partial charge on any atom is 0.390 e. The fourth-order valence-electron chi connectivity index (χ4n) is 3.03. The molecule has 1 aromatic carbocycles. The maximum absolute atomic E-state index is 13.7. The minimum Gasteiger partial charge on any atom is -0.335 e. The molecule has 1 N–H and O–H groups in total. The van der Waals surface area contributed by atoms with Crippen molar-refractivity contribution in [2.45, 2.75) is 44.9 Å². The summed E-state index contributed by atoms with van der Waals surface area (Å²) in [6, 6.07) is 6.11. The van der Waals surface area contributed by atoms with Crippen LogP contribution >= 0.6 is 0 Å². The lowest BCUT2D eigenvalue weighted by Crippen LogP contribution is -2.49. The van der Waals surface area contributed by atoms with Gasteiger partial charge in [-0.3, -0.25) is 4.90 Å². The Balaban J connectivity index is 1.76. The van der Waals surface area contributed by atoms with E-state index in [2.05, 4.69) is 10.2 Å². The summed E-state index contributed by atoms with van der Waals surface area (Å²) in [7, 11) is 0. The Labute approximate surface area is 151 Å². The van der Waals surface area contributed by atoms with Crippen LogP contribution in [0.15, 0.2) is 24.3 Å². The Morgan fingerprint density at radius 1 is 1.27 bits per heavy atom. The summed E-state index contributed by atoms with van der Waals surface area (Å²) in [4.78, 5) is 15.5. The number of carbonyl (C=O) groups excluding carboxylic acids is 1. The average Bonchev–Trinajstić information content (AvgIpc) is 2.58. The van der Waals surface area contributed by atoms with E-state index in [9.17, 15) is 22.4 Å². The summed E-state index contributed by atoms with van der Waals surface area (Å²) < 4.78 is 50.7. The molecule has 1 aliphatic heterocycles. The predicted molar refractivity (Wildman–Crippen MR) is 91.1 cm³/mol. The number of urea groups is 1. The molecule has 2 amide bonds. The summed E-state index contributed by atoms with van der Waals surface area (Å²) in [5.41, 5.74) is 0.638. The Kier molecular flexibility index (Phi) is 7.25. The first-order valence-electron chi connectivity index (χ1n) is 8.86. The first-order valence-corrected chi connectivity index (χ1v) is 8.86. The quantitative estimate of drug-likeness (QED) is 0.769. The van der Waals surface area contributed by atoms with Gasteiger partial charge in [-0.25, -0.2) is 9.18 Å². The minimum atomic E-state index is -4.27. The van der Waals surface area contributed by atoms with Gasteiger partial charge in [-0.1, -0.05) is 18.2 Å². The molecule has 1 aliphatic rings. The van der Waals surface area contributed by atoms with Crippen molar-refractivity contribution in [3.63, 3.8) is 0 Å². The number of halogens is 4. The third-order valence-corrected chi connectivity index (χ3v) is 4.60. The van der Waals surface area contributed by atoms with Crippen molar-refractivity contribution in [3.8, 4) is 0 Å². The molecule has 4 nitrogen and oxygen atoms in total. The highest BCUT2D eigenvalue weighted by atomic mass is 19.4. The van der Waals surface area contributed by atoms with E-state index in [1.165, 1.54) is 11.0 Å². The summed E-state index contributed by atoms with van der Waals surface area (Å²) in [5, 5.41) is 2.82. The van der Waals surface area contributed by atoms with Gasteiger partial charge in [-0.15, -0.1) is 0 Å². The fourth-order valence-corrected chi connectivity index (χ4v) is 3.03. The Hall–Kier alpha value is -1.83. The lowest BCUT2D eigenvalue weighted by molar-refractivity contribution is -0.136. The monoisotopic (exact) mass is 375 g/mol. The number of carbonyl (C=O) groups is 1. The average molecular weight is 375 g/mol. The van der Waals surface area contributed by atoms with Crippen LogP contribution < -0.4 is 5.32 Å². The van der Waals surface area contributed by atoms with Gasteiger partial charge in [0.1, 0.15) is 5.82 Å². The van der Waals surface area contributed by atoms with E-state index in [1.807, 2.05) is 0 Å². The molecule has 1 heterocycles. The lowest BCUT2D eigenvalue weighted by Gasteiger charge is -2.33. The minimum absolute atomic E-state index is 0.0701. The number of alkyl halides is 3. The van der Waals surface area contributed by atoms with Crippen LogP contribution in [-0.2, 0) is 6.54 Å². The molecule has 1 aromatic rings. The number of benzene rings is 1. The number of hydrogen-bond acceptors (Lipinski definition) is 2. The van der Waals surface area contributed by atoms with Gasteiger partial charge in [-0.2, -0.15) is 13.2 Å². The molecule has 0 aromatic heterocycles. The van der Waals surface area contributed by atoms with Crippen LogP contribution in [0.4, 0.5) is 22.4 Å². The smallest absolute Gasteiger partial charge is 0.335 e. The Morgan fingerprint density at radius 2 is 1.92 bits per heavy atom. The van der Waals surface area contributed by atoms with Crippen LogP contribution in [0.5, 0.6) is 0 Å². The van der Waals surface area contributed by atoms with Gasteiger partial charge < -0.3 is 10.2 Å². The molecule has 146 valence electrons. The second kappa shape index (κ2) is 9.21. The van der Waals surface area contributed by atoms with Gasteiger partial charge in [0, 0.05) is 44.3 Å². The molecule has 0 radical (unpaired) electrons. The number of rotatable bonds is 6. The van der Waals surface area contributed by atoms with Gasteiger partial charge in [0.15, 0.2) is 0 Å². The second-order valence-corrected chi connectivity index (χ2v) is 6.54. The van der Waals surface area contributed by atoms with Gasteiger partial charge in [0.2, 0.25) is 0 Å². The van der Waals surface area contributed by atoms with Gasteiger partial charge >= 0.3 is 12.2 Å². The van der Waals surface area contributed by atoms with Crippen LogP contribution in [0, 0.1) is 5.82 Å². The fraction of sp³-hybridized carbons (Fsp3) is 0.611. The third kappa shape index (κ3) is 6.48. The lowest BCUT2D eigenvalue weighted by atomic mass is 10.0. The van der Waals surface area contributed by atoms with Crippen molar-refractivity contribution in [2.24, 2.45) is 0 Å². The highest BCUT2D eigenvalue weighted by Gasteiger charge is 2.29. The predicted octanol–water partition coefficient (Wildman–Crippen LogP) is 3.77. The molecular formula is C18H25F4N3O. The van der Waals surface area contributed by atoms with E-state index in [-0.39, 0.29) is 24.9 Å². The Bertz CT molecular complexity index is 586. The second-order valence-electron chi connectivity index (χ2n) is 6.54. The maximum atomic E-state index is 13.7. The van der Waals surface area contributed by atoms with Crippen molar-refractivity contribution < 1.29 is 22.4 Å². The van der Waals surface area contributed by atoms with E-state index >= 15 is 0 Å². The highest BCUT2D eigenvalue weighted by Crippen LogP contribution is 2.20. The summed E-state index contributed by atoms with van der Waals surface area (Å²) in [6.07, 6.45) is -3.89. The van der Waals surface area contributed by atoms with Gasteiger partial charge in [0.05, 0.1) is 6.42 Å². The van der Waals surface area contributed by atoms with Crippen LogP contribution in [0.2, 0.25) is 0 Å². The topological polar surface area (TPSA) is 35.6 Å². The zero-order valence-corrected chi connectivity index (χ0v) is 14.9. The molecule has 0 unspecified atom stereocenters. The third-order valence-electron chi connectivity index (χ3n) is 4.60. The largest absolute Gasteiger partial charge is 0.390 e. The van der Waals surface area contributed by atoms with Crippen molar-refractivity contribution >= 4 is 6.03 Å². The van der Waals surface area contributed by atoms with Crippen LogP contribution in [0.1, 0.15) is 31.7 Å². The van der Waals surface area contributed by atoms with E-state index in [0.717, 1.165) is 0 Å². The van der Waals surface area contributed by atoms with E-state index < -0.39 is 18.6 Å². The standard InChI is InChI=1S/C18H25F4N3O/c1-2-25(12-9-18(20,21)22)17(26)23-15-7-10-24(11-8-15)13-14-5-3-4-6-16(14)19/h3-6,15H,2,7-13H2,1H3,(H,23,26). The van der Waals surface area contributed by atoms with Crippen LogP contribution in [-0.4, -0.2) is 54.2 Å². The van der Waals surface area contributed by atoms with Crippen molar-refractivity contribution in [1.29, 1.82) is 0 Å². The number of nitrogens with zero attached hydrogens (tertiary/aromatic N) is 2. The van der Waals surface area contributed by atoms with Crippen molar-refractivity contribution in [1.82, 2.24) is 15.1 Å². The normalized spacial score (nSPS) is 16.5. The number of likely N-dealkylation sites (tertiary alicyclic amines) is 1. The number of amides is 2. The first kappa shape index (κ1) is 20.5. The summed E-state index contributed by atoms with van der Waals surface area (Å²) >= 11 is 0. The van der Waals surface area contributed by atoms with Crippen LogP contribution in [0.25, 0.3) is 0 Å². The molecule has 1 fully saturated rings. The molecular weight excluding hydrogens is 350 g/mol. The zero-order chi connectivity index (χ0) is 19.2.